The van der Waals surface area contributed by atoms with Gasteiger partial charge in [-0.05, 0) is 44.0 Å². The Bertz CT molecular complexity index is 1520. The molecular formula is C30H41N7O5S. The summed E-state index contributed by atoms with van der Waals surface area (Å²) < 4.78 is 27.6. The standard InChI is InChI=1S/C29H37N7O2.CH4O3S/c1-19-8-11-22(12-9-19)36-26(16-24(34-36)29(2,3)4)33-28(38)32-21-10-13-25(31-17-21)35-15-14-30-18-23(35)27(37)20-6-5-7-20;1-5(2,3)4/h8-13,16-17,20,23,30H,5-7,14-15,18H2,1-4H3,(H2,32,33,38);1H3,(H,2,3,4). The Morgan fingerprint density at radius 1 is 1.07 bits per heavy atom. The van der Waals surface area contributed by atoms with Gasteiger partial charge in [-0.2, -0.15) is 13.5 Å². The van der Waals surface area contributed by atoms with Crippen molar-refractivity contribution in [2.75, 3.05) is 41.4 Å². The molecule has 1 saturated carbocycles. The fraction of sp³-hybridized carbons (Fsp3) is 0.467. The van der Waals surface area contributed by atoms with Crippen molar-refractivity contribution in [2.24, 2.45) is 5.92 Å². The molecule has 2 amide bonds. The number of nitrogens with zero attached hydrogens (tertiary/aromatic N) is 4. The van der Waals surface area contributed by atoms with Crippen molar-refractivity contribution in [1.82, 2.24) is 20.1 Å². The summed E-state index contributed by atoms with van der Waals surface area (Å²) in [5, 5.41) is 13.9. The lowest BCUT2D eigenvalue weighted by Gasteiger charge is -2.39. The van der Waals surface area contributed by atoms with Crippen LogP contribution in [0.15, 0.2) is 48.7 Å². The average Bonchev–Trinajstić information content (AvgIpc) is 3.32. The van der Waals surface area contributed by atoms with Gasteiger partial charge in [-0.3, -0.25) is 14.7 Å². The maximum atomic E-state index is 13.0. The molecule has 12 nitrogen and oxygen atoms in total. The van der Waals surface area contributed by atoms with Gasteiger partial charge in [0, 0.05) is 37.0 Å². The Morgan fingerprint density at radius 2 is 1.74 bits per heavy atom. The van der Waals surface area contributed by atoms with E-state index in [0.717, 1.165) is 55.1 Å². The first-order valence-electron chi connectivity index (χ1n) is 14.3. The number of Topliss-reactive ketones (excluding diaryl/α,β-unsaturated/α-hetero) is 1. The first kappa shape index (κ1) is 32.1. The summed E-state index contributed by atoms with van der Waals surface area (Å²) in [5.41, 5.74) is 3.29. The molecule has 4 N–H and O–H groups in total. The number of rotatable bonds is 6. The fourth-order valence-corrected chi connectivity index (χ4v) is 4.83. The Kier molecular flexibility index (Phi) is 9.88. The minimum Gasteiger partial charge on any atom is -0.344 e. The lowest BCUT2D eigenvalue weighted by Crippen LogP contribution is -2.57. The average molecular weight is 612 g/mol. The first-order chi connectivity index (χ1) is 20.2. The van der Waals surface area contributed by atoms with Gasteiger partial charge in [0.15, 0.2) is 5.78 Å². The summed E-state index contributed by atoms with van der Waals surface area (Å²) in [6.45, 7) is 10.5. The molecule has 13 heteroatoms. The summed E-state index contributed by atoms with van der Waals surface area (Å²) >= 11 is 0. The number of piperazine rings is 1. The number of nitrogens with one attached hydrogen (secondary N) is 3. The highest BCUT2D eigenvalue weighted by atomic mass is 32.2. The molecule has 1 atom stereocenters. The number of aryl methyl sites for hydroxylation is 1. The maximum absolute atomic E-state index is 13.0. The van der Waals surface area contributed by atoms with Crippen LogP contribution in [0.2, 0.25) is 0 Å². The molecule has 2 aromatic heterocycles. The van der Waals surface area contributed by atoms with Crippen molar-refractivity contribution in [3.05, 3.63) is 59.9 Å². The highest BCUT2D eigenvalue weighted by molar-refractivity contribution is 7.85. The molecule has 1 saturated heterocycles. The second kappa shape index (κ2) is 13.2. The van der Waals surface area contributed by atoms with Crippen LogP contribution in [0.5, 0.6) is 0 Å². The fourth-order valence-electron chi connectivity index (χ4n) is 4.83. The first-order valence-corrected chi connectivity index (χ1v) is 16.2. The van der Waals surface area contributed by atoms with Gasteiger partial charge in [-0.1, -0.05) is 44.9 Å². The molecule has 232 valence electrons. The molecule has 3 heterocycles. The molecule has 1 aliphatic carbocycles. The molecular weight excluding hydrogens is 570 g/mol. The van der Waals surface area contributed by atoms with Gasteiger partial charge in [0.2, 0.25) is 0 Å². The summed E-state index contributed by atoms with van der Waals surface area (Å²) in [5.74, 6) is 1.83. The van der Waals surface area contributed by atoms with E-state index in [2.05, 4.69) is 46.6 Å². The minimum atomic E-state index is -3.67. The van der Waals surface area contributed by atoms with Crippen molar-refractivity contribution in [3.63, 3.8) is 0 Å². The number of urea groups is 1. The predicted octanol–water partition coefficient (Wildman–Crippen LogP) is 4.17. The number of hydrogen-bond acceptors (Lipinski definition) is 8. The lowest BCUT2D eigenvalue weighted by molar-refractivity contribution is -0.126. The van der Waals surface area contributed by atoms with Crippen LogP contribution in [-0.4, -0.2) is 71.5 Å². The van der Waals surface area contributed by atoms with Crippen LogP contribution in [0.25, 0.3) is 5.69 Å². The summed E-state index contributed by atoms with van der Waals surface area (Å²) in [6.07, 6.45) is 5.48. The number of ketones is 1. The second-order valence-corrected chi connectivity index (χ2v) is 13.5. The number of carbonyl (C=O) groups is 2. The second-order valence-electron chi connectivity index (χ2n) is 12.1. The van der Waals surface area contributed by atoms with E-state index in [0.29, 0.717) is 30.1 Å². The largest absolute Gasteiger partial charge is 0.344 e. The number of amides is 2. The third kappa shape index (κ3) is 8.85. The minimum absolute atomic E-state index is 0.176. The highest BCUT2D eigenvalue weighted by Gasteiger charge is 2.36. The summed E-state index contributed by atoms with van der Waals surface area (Å²) in [4.78, 5) is 32.6. The van der Waals surface area contributed by atoms with Crippen LogP contribution in [0, 0.1) is 12.8 Å². The number of anilines is 3. The Labute approximate surface area is 253 Å². The van der Waals surface area contributed by atoms with Crippen molar-refractivity contribution in [2.45, 2.75) is 58.4 Å². The van der Waals surface area contributed by atoms with Crippen molar-refractivity contribution in [3.8, 4) is 5.69 Å². The van der Waals surface area contributed by atoms with Gasteiger partial charge in [-0.25, -0.2) is 14.5 Å². The number of carbonyl (C=O) groups excluding carboxylic acids is 2. The molecule has 2 fully saturated rings. The van der Waals surface area contributed by atoms with Crippen LogP contribution in [0.4, 0.5) is 22.1 Å². The van der Waals surface area contributed by atoms with Crippen LogP contribution in [0.1, 0.15) is 51.3 Å². The van der Waals surface area contributed by atoms with Gasteiger partial charge in [0.25, 0.3) is 10.1 Å². The molecule has 1 unspecified atom stereocenters. The van der Waals surface area contributed by atoms with E-state index in [-0.39, 0.29) is 23.4 Å². The quantitative estimate of drug-likeness (QED) is 0.300. The molecule has 0 spiro atoms. The molecule has 1 aliphatic heterocycles. The summed E-state index contributed by atoms with van der Waals surface area (Å²) in [7, 11) is -3.67. The zero-order valence-electron chi connectivity index (χ0n) is 25.3. The van der Waals surface area contributed by atoms with E-state index in [4.69, 9.17) is 9.65 Å². The molecule has 3 aromatic rings. The zero-order chi connectivity index (χ0) is 31.4. The van der Waals surface area contributed by atoms with Gasteiger partial charge >= 0.3 is 6.03 Å². The van der Waals surface area contributed by atoms with E-state index >= 15 is 0 Å². The highest BCUT2D eigenvalue weighted by Crippen LogP contribution is 2.31. The van der Waals surface area contributed by atoms with E-state index in [9.17, 15) is 18.0 Å². The molecule has 5 rings (SSSR count). The van der Waals surface area contributed by atoms with Gasteiger partial charge in [0.1, 0.15) is 17.7 Å². The Hall–Kier alpha value is -3.81. The number of aromatic nitrogens is 3. The number of hydrogen-bond donors (Lipinski definition) is 4. The molecule has 2 aliphatic rings. The monoisotopic (exact) mass is 611 g/mol. The van der Waals surface area contributed by atoms with E-state index < -0.39 is 10.1 Å². The third-order valence-corrected chi connectivity index (χ3v) is 7.38. The molecule has 1 aromatic carbocycles. The smallest absolute Gasteiger partial charge is 0.324 e. The predicted molar refractivity (Wildman–Crippen MR) is 168 cm³/mol. The van der Waals surface area contributed by atoms with Crippen molar-refractivity contribution in [1.29, 1.82) is 0 Å². The van der Waals surface area contributed by atoms with Crippen molar-refractivity contribution < 1.29 is 22.6 Å². The SMILES string of the molecule is CS(=O)(=O)O.Cc1ccc(-n2nc(C(C)(C)C)cc2NC(=O)Nc2ccc(N3CCNCC3C(=O)C3CCC3)nc2)cc1. The van der Waals surface area contributed by atoms with Crippen LogP contribution >= 0.6 is 0 Å². The van der Waals surface area contributed by atoms with E-state index in [1.807, 2.05) is 49.4 Å². The van der Waals surface area contributed by atoms with E-state index in [1.54, 1.807) is 10.9 Å². The Balaban J connectivity index is 0.000000782. The van der Waals surface area contributed by atoms with Crippen molar-refractivity contribution >= 4 is 39.3 Å². The number of benzene rings is 1. The summed E-state index contributed by atoms with van der Waals surface area (Å²) in [6, 6.07) is 13.0. The zero-order valence-corrected chi connectivity index (χ0v) is 26.1. The van der Waals surface area contributed by atoms with Crippen LogP contribution < -0.4 is 20.9 Å². The normalized spacial score (nSPS) is 17.3. The molecule has 0 bridgehead atoms. The molecule has 0 radical (unpaired) electrons. The van der Waals surface area contributed by atoms with Crippen LogP contribution in [0.3, 0.4) is 0 Å². The van der Waals surface area contributed by atoms with Crippen LogP contribution in [-0.2, 0) is 20.3 Å². The van der Waals surface area contributed by atoms with Gasteiger partial charge in [-0.15, -0.1) is 0 Å². The lowest BCUT2D eigenvalue weighted by atomic mass is 9.79. The van der Waals surface area contributed by atoms with Gasteiger partial charge < -0.3 is 15.5 Å². The topological polar surface area (TPSA) is 159 Å². The van der Waals surface area contributed by atoms with Gasteiger partial charge in [0.05, 0.1) is 29.5 Å². The molecule has 43 heavy (non-hydrogen) atoms. The maximum Gasteiger partial charge on any atom is 0.324 e. The number of pyridine rings is 1. The third-order valence-electron chi connectivity index (χ3n) is 7.38. The Morgan fingerprint density at radius 3 is 2.30 bits per heavy atom. The van der Waals surface area contributed by atoms with E-state index in [1.165, 1.54) is 0 Å².